The van der Waals surface area contributed by atoms with Crippen molar-refractivity contribution in [2.24, 2.45) is 5.92 Å². The van der Waals surface area contributed by atoms with Gasteiger partial charge >= 0.3 is 0 Å². The minimum Gasteiger partial charge on any atom is -0.388 e. The summed E-state index contributed by atoms with van der Waals surface area (Å²) in [5.74, 6) is -2.12. The summed E-state index contributed by atoms with van der Waals surface area (Å²) in [5, 5.41) is 37.6. The minimum absolute atomic E-state index is 0.174. The molecule has 1 aliphatic heterocycles. The van der Waals surface area contributed by atoms with Gasteiger partial charge in [-0.15, -0.1) is 0 Å². The summed E-state index contributed by atoms with van der Waals surface area (Å²) in [6.07, 6.45) is -3.98. The third-order valence-corrected chi connectivity index (χ3v) is 2.45. The van der Waals surface area contributed by atoms with Gasteiger partial charge in [-0.25, -0.2) is 0 Å². The van der Waals surface area contributed by atoms with E-state index in [0.29, 0.717) is 0 Å². The molecule has 1 heterocycles. The Kier molecular flexibility index (Phi) is 2.94. The molecule has 78 valence electrons. The number of hydrogen-bond acceptors (Lipinski definition) is 5. The van der Waals surface area contributed by atoms with Crippen molar-refractivity contribution in [3.05, 3.63) is 0 Å². The molecule has 13 heavy (non-hydrogen) atoms. The summed E-state index contributed by atoms with van der Waals surface area (Å²) < 4.78 is 4.92. The highest BCUT2D eigenvalue weighted by Crippen LogP contribution is 2.30. The maximum atomic E-state index is 9.76. The topological polar surface area (TPSA) is 90.2 Å². The average Bonchev–Trinajstić information content (AvgIpc) is 2.08. The highest BCUT2D eigenvalue weighted by atomic mass is 16.6. The molecule has 1 fully saturated rings. The van der Waals surface area contributed by atoms with E-state index in [0.717, 1.165) is 0 Å². The molecule has 0 aliphatic carbocycles. The zero-order valence-electron chi connectivity index (χ0n) is 7.71. The first kappa shape index (κ1) is 10.9. The Morgan fingerprint density at radius 1 is 1.31 bits per heavy atom. The molecule has 5 nitrogen and oxygen atoms in total. The third kappa shape index (κ3) is 1.70. The summed E-state index contributed by atoms with van der Waals surface area (Å²) >= 11 is 0. The zero-order valence-corrected chi connectivity index (χ0v) is 7.71. The fourth-order valence-corrected chi connectivity index (χ4v) is 1.37. The van der Waals surface area contributed by atoms with Crippen LogP contribution in [0.3, 0.4) is 0 Å². The van der Waals surface area contributed by atoms with Gasteiger partial charge in [0.25, 0.3) is 0 Å². The number of ether oxygens (including phenoxy) is 1. The highest BCUT2D eigenvalue weighted by Gasteiger charge is 2.50. The van der Waals surface area contributed by atoms with Crippen LogP contribution in [0.15, 0.2) is 0 Å². The second kappa shape index (κ2) is 3.51. The molecule has 0 spiro atoms. The van der Waals surface area contributed by atoms with Crippen LogP contribution >= 0.6 is 0 Å². The second-order valence-corrected chi connectivity index (χ2v) is 3.72. The standard InChI is InChI=1S/C8H16O5/c1-4(2)8(12)7(11)6(10)5(9)3-13-8/h4-7,9-12H,3H2,1-2H3. The van der Waals surface area contributed by atoms with Crippen LogP contribution in [0.1, 0.15) is 13.8 Å². The molecule has 1 rings (SSSR count). The Bertz CT molecular complexity index is 183. The fourth-order valence-electron chi connectivity index (χ4n) is 1.37. The van der Waals surface area contributed by atoms with Gasteiger partial charge < -0.3 is 25.2 Å². The van der Waals surface area contributed by atoms with Crippen molar-refractivity contribution in [1.82, 2.24) is 0 Å². The zero-order chi connectivity index (χ0) is 10.2. The van der Waals surface area contributed by atoms with E-state index in [-0.39, 0.29) is 12.5 Å². The average molecular weight is 192 g/mol. The number of aliphatic hydroxyl groups excluding tert-OH is 3. The van der Waals surface area contributed by atoms with E-state index in [1.165, 1.54) is 0 Å². The van der Waals surface area contributed by atoms with E-state index in [1.807, 2.05) is 0 Å². The van der Waals surface area contributed by atoms with Crippen molar-refractivity contribution in [2.45, 2.75) is 37.9 Å². The first-order valence-electron chi connectivity index (χ1n) is 4.30. The Hall–Kier alpha value is -0.200. The first-order valence-corrected chi connectivity index (χ1v) is 4.30. The van der Waals surface area contributed by atoms with Crippen molar-refractivity contribution in [1.29, 1.82) is 0 Å². The molecule has 4 unspecified atom stereocenters. The molecule has 0 bridgehead atoms. The lowest BCUT2D eigenvalue weighted by atomic mass is 9.89. The van der Waals surface area contributed by atoms with Gasteiger partial charge in [0, 0.05) is 5.92 Å². The quantitative estimate of drug-likeness (QED) is 0.403. The molecule has 0 aromatic carbocycles. The SMILES string of the molecule is CC(C)C1(O)OCC(O)C(O)C1O. The van der Waals surface area contributed by atoms with Gasteiger partial charge in [-0.1, -0.05) is 13.8 Å². The van der Waals surface area contributed by atoms with Crippen LogP contribution < -0.4 is 0 Å². The highest BCUT2D eigenvalue weighted by molar-refractivity contribution is 4.92. The monoisotopic (exact) mass is 192 g/mol. The molecule has 0 aromatic rings. The van der Waals surface area contributed by atoms with Gasteiger partial charge in [-0.2, -0.15) is 0 Å². The van der Waals surface area contributed by atoms with Gasteiger partial charge in [0.15, 0.2) is 5.79 Å². The first-order chi connectivity index (χ1) is 5.89. The lowest BCUT2D eigenvalue weighted by Crippen LogP contribution is -2.63. The summed E-state index contributed by atoms with van der Waals surface area (Å²) in [5.41, 5.74) is 0. The molecule has 4 atom stereocenters. The predicted molar refractivity (Wildman–Crippen MR) is 43.8 cm³/mol. The summed E-state index contributed by atoms with van der Waals surface area (Å²) in [7, 11) is 0. The molecular formula is C8H16O5. The Labute approximate surface area is 76.6 Å². The van der Waals surface area contributed by atoms with Crippen molar-refractivity contribution < 1.29 is 25.2 Å². The molecule has 0 radical (unpaired) electrons. The van der Waals surface area contributed by atoms with E-state index >= 15 is 0 Å². The van der Waals surface area contributed by atoms with E-state index in [9.17, 15) is 15.3 Å². The van der Waals surface area contributed by atoms with Gasteiger partial charge in [0.1, 0.15) is 18.3 Å². The smallest absolute Gasteiger partial charge is 0.197 e. The Balaban J connectivity index is 2.79. The predicted octanol–water partition coefficient (Wildman–Crippen LogP) is -1.56. The molecular weight excluding hydrogens is 176 g/mol. The van der Waals surface area contributed by atoms with Crippen molar-refractivity contribution >= 4 is 0 Å². The number of rotatable bonds is 1. The summed E-state index contributed by atoms with van der Waals surface area (Å²) in [6.45, 7) is 3.15. The lowest BCUT2D eigenvalue weighted by molar-refractivity contribution is -0.338. The second-order valence-electron chi connectivity index (χ2n) is 3.72. The van der Waals surface area contributed by atoms with Crippen molar-refractivity contribution in [2.75, 3.05) is 6.61 Å². The minimum atomic E-state index is -1.77. The molecule has 1 saturated heterocycles. The third-order valence-electron chi connectivity index (χ3n) is 2.45. The molecule has 0 amide bonds. The molecule has 1 aliphatic rings. The Morgan fingerprint density at radius 2 is 1.85 bits per heavy atom. The van der Waals surface area contributed by atoms with Gasteiger partial charge in [-0.3, -0.25) is 0 Å². The van der Waals surface area contributed by atoms with Crippen LogP contribution in [-0.2, 0) is 4.74 Å². The van der Waals surface area contributed by atoms with Crippen LogP contribution in [0.25, 0.3) is 0 Å². The number of aliphatic hydroxyl groups is 4. The van der Waals surface area contributed by atoms with Crippen molar-refractivity contribution in [3.63, 3.8) is 0 Å². The molecule has 5 heteroatoms. The maximum absolute atomic E-state index is 9.76. The van der Waals surface area contributed by atoms with Gasteiger partial charge in [0.05, 0.1) is 6.61 Å². The van der Waals surface area contributed by atoms with Gasteiger partial charge in [-0.05, 0) is 0 Å². The molecule has 4 N–H and O–H groups in total. The lowest BCUT2D eigenvalue weighted by Gasteiger charge is -2.43. The van der Waals surface area contributed by atoms with Gasteiger partial charge in [0.2, 0.25) is 0 Å². The molecule has 0 aromatic heterocycles. The van der Waals surface area contributed by atoms with E-state index < -0.39 is 24.1 Å². The Morgan fingerprint density at radius 3 is 2.31 bits per heavy atom. The van der Waals surface area contributed by atoms with E-state index in [1.54, 1.807) is 13.8 Å². The van der Waals surface area contributed by atoms with Crippen LogP contribution in [0.5, 0.6) is 0 Å². The van der Waals surface area contributed by atoms with Crippen molar-refractivity contribution in [3.8, 4) is 0 Å². The fraction of sp³-hybridized carbons (Fsp3) is 1.00. The number of hydrogen-bond donors (Lipinski definition) is 4. The van der Waals surface area contributed by atoms with Crippen LogP contribution in [-0.4, -0.2) is 51.1 Å². The van der Waals surface area contributed by atoms with Crippen LogP contribution in [0.2, 0.25) is 0 Å². The normalized spacial score (nSPS) is 46.8. The summed E-state index contributed by atoms with van der Waals surface area (Å²) in [4.78, 5) is 0. The largest absolute Gasteiger partial charge is 0.388 e. The summed E-state index contributed by atoms with van der Waals surface area (Å²) in [6, 6.07) is 0. The van der Waals surface area contributed by atoms with E-state index in [2.05, 4.69) is 0 Å². The van der Waals surface area contributed by atoms with Crippen LogP contribution in [0.4, 0.5) is 0 Å². The van der Waals surface area contributed by atoms with E-state index in [4.69, 9.17) is 9.84 Å². The maximum Gasteiger partial charge on any atom is 0.197 e. The van der Waals surface area contributed by atoms with Crippen LogP contribution in [0, 0.1) is 5.92 Å². The molecule has 0 saturated carbocycles.